The van der Waals surface area contributed by atoms with Crippen LogP contribution in [-0.4, -0.2) is 33.9 Å². The molecule has 3 aromatic rings. The molecule has 1 aliphatic rings. The molecule has 114 valence electrons. The first kappa shape index (κ1) is 13.9. The number of halogens is 1. The quantitative estimate of drug-likeness (QED) is 0.796. The van der Waals surface area contributed by atoms with Gasteiger partial charge in [0, 0.05) is 18.2 Å². The van der Waals surface area contributed by atoms with E-state index in [4.69, 9.17) is 16.3 Å². The van der Waals surface area contributed by atoms with E-state index >= 15 is 0 Å². The van der Waals surface area contributed by atoms with Gasteiger partial charge in [0.05, 0.1) is 17.0 Å². The van der Waals surface area contributed by atoms with Crippen molar-refractivity contribution in [2.75, 3.05) is 18.5 Å². The number of hydrogen-bond donors (Lipinski definition) is 1. The molecule has 1 saturated heterocycles. The Bertz CT molecular complexity index is 901. The minimum Gasteiger partial charge on any atom is -0.376 e. The Morgan fingerprint density at radius 1 is 1.50 bits per heavy atom. The Balaban J connectivity index is 1.71. The largest absolute Gasteiger partial charge is 0.376 e. The van der Waals surface area contributed by atoms with E-state index in [1.165, 1.54) is 15.9 Å². The molecule has 0 radical (unpaired) electrons. The number of fused-ring (bicyclic) bond motifs is 2. The second-order valence-corrected chi connectivity index (χ2v) is 6.59. The lowest BCUT2D eigenvalue weighted by molar-refractivity contribution is 0.120. The van der Waals surface area contributed by atoms with E-state index in [0.717, 1.165) is 19.4 Å². The maximum atomic E-state index is 12.4. The van der Waals surface area contributed by atoms with E-state index in [0.29, 0.717) is 32.6 Å². The molecule has 8 heteroatoms. The standard InChI is InChI=1S/C14H13ClN4O2S/c15-8-3-4-10-11(6-8)17-14-19(12(10)20)18-13(22-14)16-7-9-2-1-5-21-9/h3-4,6,9H,1-2,5,7H2,(H,16,18)/t9-/m0/s1. The van der Waals surface area contributed by atoms with Crippen molar-refractivity contribution in [1.29, 1.82) is 0 Å². The van der Waals surface area contributed by atoms with Crippen LogP contribution < -0.4 is 10.9 Å². The van der Waals surface area contributed by atoms with E-state index in [2.05, 4.69) is 15.4 Å². The number of rotatable bonds is 3. The molecule has 0 bridgehead atoms. The van der Waals surface area contributed by atoms with Crippen LogP contribution in [0.25, 0.3) is 15.9 Å². The number of benzene rings is 1. The molecule has 1 aliphatic heterocycles. The Kier molecular flexibility index (Phi) is 3.48. The van der Waals surface area contributed by atoms with E-state index in [9.17, 15) is 4.79 Å². The first-order valence-electron chi connectivity index (χ1n) is 7.05. The number of nitrogens with zero attached hydrogens (tertiary/aromatic N) is 3. The highest BCUT2D eigenvalue weighted by atomic mass is 35.5. The van der Waals surface area contributed by atoms with E-state index in [1.807, 2.05) is 0 Å². The minimum atomic E-state index is -0.182. The zero-order chi connectivity index (χ0) is 15.1. The zero-order valence-electron chi connectivity index (χ0n) is 11.6. The van der Waals surface area contributed by atoms with Crippen LogP contribution in [0.3, 0.4) is 0 Å². The molecule has 6 nitrogen and oxygen atoms in total. The summed E-state index contributed by atoms with van der Waals surface area (Å²) < 4.78 is 6.90. The lowest BCUT2D eigenvalue weighted by Gasteiger charge is -2.08. The van der Waals surface area contributed by atoms with Gasteiger partial charge in [-0.05, 0) is 31.0 Å². The predicted octanol–water partition coefficient (Wildman–Crippen LogP) is 2.55. The van der Waals surface area contributed by atoms with Gasteiger partial charge in [0.15, 0.2) is 0 Å². The average Bonchev–Trinajstić information content (AvgIpc) is 3.13. The van der Waals surface area contributed by atoms with Gasteiger partial charge in [-0.25, -0.2) is 4.98 Å². The fourth-order valence-electron chi connectivity index (χ4n) is 2.56. The van der Waals surface area contributed by atoms with Crippen molar-refractivity contribution in [2.45, 2.75) is 18.9 Å². The Morgan fingerprint density at radius 3 is 3.23 bits per heavy atom. The first-order chi connectivity index (χ1) is 10.7. The van der Waals surface area contributed by atoms with Gasteiger partial charge < -0.3 is 10.1 Å². The molecule has 1 fully saturated rings. The lowest BCUT2D eigenvalue weighted by Crippen LogP contribution is -2.19. The van der Waals surface area contributed by atoms with Crippen molar-refractivity contribution in [1.82, 2.24) is 14.6 Å². The molecule has 0 unspecified atom stereocenters. The molecule has 0 saturated carbocycles. The number of aromatic nitrogens is 3. The van der Waals surface area contributed by atoms with Crippen molar-refractivity contribution in [2.24, 2.45) is 0 Å². The molecule has 2 aromatic heterocycles. The van der Waals surface area contributed by atoms with Crippen molar-refractivity contribution >= 4 is 43.9 Å². The summed E-state index contributed by atoms with van der Waals surface area (Å²) in [5.41, 5.74) is 0.407. The summed E-state index contributed by atoms with van der Waals surface area (Å²) in [6.07, 6.45) is 2.37. The summed E-state index contributed by atoms with van der Waals surface area (Å²) in [6.45, 7) is 1.51. The SMILES string of the molecule is O=c1c2ccc(Cl)cc2nc2sc(NC[C@@H]3CCCO3)nn12. The fourth-order valence-corrected chi connectivity index (χ4v) is 3.53. The van der Waals surface area contributed by atoms with Gasteiger partial charge in [-0.15, -0.1) is 5.10 Å². The van der Waals surface area contributed by atoms with Crippen LogP contribution in [0, 0.1) is 0 Å². The Hall–Kier alpha value is -1.70. The number of ether oxygens (including phenoxy) is 1. The number of hydrogen-bond acceptors (Lipinski definition) is 6. The highest BCUT2D eigenvalue weighted by Crippen LogP contribution is 2.21. The molecule has 22 heavy (non-hydrogen) atoms. The molecule has 1 aromatic carbocycles. The molecule has 3 heterocycles. The summed E-state index contributed by atoms with van der Waals surface area (Å²) in [7, 11) is 0. The van der Waals surface area contributed by atoms with Crippen molar-refractivity contribution < 1.29 is 4.74 Å². The van der Waals surface area contributed by atoms with E-state index in [1.54, 1.807) is 18.2 Å². The van der Waals surface area contributed by atoms with Crippen molar-refractivity contribution in [3.05, 3.63) is 33.6 Å². The molecule has 0 spiro atoms. The first-order valence-corrected chi connectivity index (χ1v) is 8.25. The predicted molar refractivity (Wildman–Crippen MR) is 87.1 cm³/mol. The van der Waals surface area contributed by atoms with Crippen LogP contribution in [0.1, 0.15) is 12.8 Å². The summed E-state index contributed by atoms with van der Waals surface area (Å²) in [6, 6.07) is 5.05. The molecular formula is C14H13ClN4O2S. The maximum absolute atomic E-state index is 12.4. The smallest absolute Gasteiger partial charge is 0.283 e. The van der Waals surface area contributed by atoms with Gasteiger partial charge >= 0.3 is 0 Å². The Labute approximate surface area is 134 Å². The second kappa shape index (κ2) is 5.49. The zero-order valence-corrected chi connectivity index (χ0v) is 13.2. The van der Waals surface area contributed by atoms with Crippen LogP contribution in [0.5, 0.6) is 0 Å². The third-order valence-electron chi connectivity index (χ3n) is 3.66. The summed E-state index contributed by atoms with van der Waals surface area (Å²) in [5, 5.41) is 9.27. The monoisotopic (exact) mass is 336 g/mol. The maximum Gasteiger partial charge on any atom is 0.283 e. The fraction of sp³-hybridized carbons (Fsp3) is 0.357. The van der Waals surface area contributed by atoms with Gasteiger partial charge in [-0.2, -0.15) is 4.52 Å². The molecule has 4 rings (SSSR count). The van der Waals surface area contributed by atoms with Crippen LogP contribution >= 0.6 is 22.9 Å². The van der Waals surface area contributed by atoms with Crippen molar-refractivity contribution in [3.63, 3.8) is 0 Å². The van der Waals surface area contributed by atoms with E-state index < -0.39 is 0 Å². The van der Waals surface area contributed by atoms with Crippen LogP contribution in [0.2, 0.25) is 5.02 Å². The third-order valence-corrected chi connectivity index (χ3v) is 4.76. The Morgan fingerprint density at radius 2 is 2.41 bits per heavy atom. The van der Waals surface area contributed by atoms with E-state index in [-0.39, 0.29) is 11.7 Å². The van der Waals surface area contributed by atoms with Gasteiger partial charge in [-0.1, -0.05) is 22.9 Å². The lowest BCUT2D eigenvalue weighted by atomic mass is 10.2. The number of anilines is 1. The minimum absolute atomic E-state index is 0.182. The number of nitrogens with one attached hydrogen (secondary N) is 1. The second-order valence-electron chi connectivity index (χ2n) is 5.20. The molecule has 0 aliphatic carbocycles. The molecular weight excluding hydrogens is 324 g/mol. The topological polar surface area (TPSA) is 68.5 Å². The van der Waals surface area contributed by atoms with Gasteiger partial charge in [0.25, 0.3) is 5.56 Å². The summed E-state index contributed by atoms with van der Waals surface area (Å²) >= 11 is 7.31. The van der Waals surface area contributed by atoms with Gasteiger partial charge in [0.2, 0.25) is 10.1 Å². The van der Waals surface area contributed by atoms with Crippen LogP contribution in [0.15, 0.2) is 23.0 Å². The van der Waals surface area contributed by atoms with Crippen LogP contribution in [0.4, 0.5) is 5.13 Å². The van der Waals surface area contributed by atoms with Gasteiger partial charge in [0.1, 0.15) is 0 Å². The average molecular weight is 337 g/mol. The summed E-state index contributed by atoms with van der Waals surface area (Å²) in [4.78, 5) is 17.5. The normalized spacial score (nSPS) is 18.3. The van der Waals surface area contributed by atoms with Gasteiger partial charge in [-0.3, -0.25) is 4.79 Å². The molecule has 1 atom stereocenters. The highest BCUT2D eigenvalue weighted by Gasteiger charge is 2.16. The molecule has 1 N–H and O–H groups in total. The third kappa shape index (κ3) is 2.45. The summed E-state index contributed by atoms with van der Waals surface area (Å²) in [5.74, 6) is 0. The molecule has 0 amide bonds. The highest BCUT2D eigenvalue weighted by molar-refractivity contribution is 7.20. The van der Waals surface area contributed by atoms with Crippen molar-refractivity contribution in [3.8, 4) is 0 Å². The van der Waals surface area contributed by atoms with Crippen LogP contribution in [-0.2, 0) is 4.74 Å².